The van der Waals surface area contributed by atoms with Crippen LogP contribution in [-0.2, 0) is 19.6 Å². The number of carbonyl (C=O) groups is 2. The predicted octanol–water partition coefficient (Wildman–Crippen LogP) is 3.79. The highest BCUT2D eigenvalue weighted by atomic mass is 32.2. The molecular weight excluding hydrogens is 435 g/mol. The molecular formula is C23H27FN2O5S. The zero-order valence-corrected chi connectivity index (χ0v) is 18.9. The summed E-state index contributed by atoms with van der Waals surface area (Å²) in [5.74, 6) is -1.26. The van der Waals surface area contributed by atoms with Gasteiger partial charge in [0.15, 0.2) is 6.61 Å². The predicted molar refractivity (Wildman–Crippen MR) is 118 cm³/mol. The molecule has 0 radical (unpaired) electrons. The van der Waals surface area contributed by atoms with Crippen molar-refractivity contribution in [2.24, 2.45) is 5.92 Å². The molecule has 0 aliphatic heterocycles. The molecule has 172 valence electrons. The molecule has 1 aliphatic carbocycles. The zero-order valence-electron chi connectivity index (χ0n) is 18.1. The van der Waals surface area contributed by atoms with Gasteiger partial charge in [-0.1, -0.05) is 25.8 Å². The highest BCUT2D eigenvalue weighted by Crippen LogP contribution is 2.24. The molecule has 1 fully saturated rings. The number of benzene rings is 2. The molecule has 2 aromatic rings. The number of anilines is 1. The lowest BCUT2D eigenvalue weighted by Gasteiger charge is -2.29. The van der Waals surface area contributed by atoms with Crippen molar-refractivity contribution in [2.75, 3.05) is 11.3 Å². The molecule has 2 N–H and O–H groups in total. The highest BCUT2D eigenvalue weighted by Gasteiger charge is 2.23. The van der Waals surface area contributed by atoms with E-state index in [1.807, 2.05) is 0 Å². The fourth-order valence-electron chi connectivity index (χ4n) is 3.67. The van der Waals surface area contributed by atoms with E-state index in [1.54, 1.807) is 13.0 Å². The smallest absolute Gasteiger partial charge is 0.338 e. The third kappa shape index (κ3) is 6.06. The Hall–Kier alpha value is -2.94. The Morgan fingerprint density at radius 3 is 2.47 bits per heavy atom. The van der Waals surface area contributed by atoms with E-state index >= 15 is 0 Å². The van der Waals surface area contributed by atoms with E-state index in [9.17, 15) is 22.4 Å². The van der Waals surface area contributed by atoms with Crippen LogP contribution in [0.5, 0.6) is 0 Å². The summed E-state index contributed by atoms with van der Waals surface area (Å²) in [6, 6.07) is 8.90. The lowest BCUT2D eigenvalue weighted by Crippen LogP contribution is -2.42. The summed E-state index contributed by atoms with van der Waals surface area (Å²) in [7, 11) is -3.98. The van der Waals surface area contributed by atoms with Gasteiger partial charge in [-0.15, -0.1) is 0 Å². The molecule has 1 amide bonds. The molecule has 9 heteroatoms. The van der Waals surface area contributed by atoms with Gasteiger partial charge in [-0.3, -0.25) is 9.52 Å². The summed E-state index contributed by atoms with van der Waals surface area (Å²) in [5.41, 5.74) is 0.867. The van der Waals surface area contributed by atoms with Gasteiger partial charge in [0, 0.05) is 6.04 Å². The van der Waals surface area contributed by atoms with Crippen LogP contribution in [0.1, 0.15) is 48.5 Å². The van der Waals surface area contributed by atoms with Gasteiger partial charge in [0.2, 0.25) is 0 Å². The molecule has 0 heterocycles. The SMILES string of the molecule is Cc1ccc(C(=O)OCC(=O)NC2CCCCC2C)cc1NS(=O)(=O)c1ccc(F)cc1. The Labute approximate surface area is 187 Å². The van der Waals surface area contributed by atoms with E-state index in [4.69, 9.17) is 4.74 Å². The number of sulfonamides is 1. The van der Waals surface area contributed by atoms with Crippen LogP contribution in [-0.4, -0.2) is 32.9 Å². The molecule has 3 rings (SSSR count). The van der Waals surface area contributed by atoms with Crippen molar-refractivity contribution in [1.82, 2.24) is 5.32 Å². The van der Waals surface area contributed by atoms with Gasteiger partial charge in [-0.05, 0) is 67.6 Å². The maximum Gasteiger partial charge on any atom is 0.338 e. The van der Waals surface area contributed by atoms with Crippen LogP contribution < -0.4 is 10.0 Å². The number of esters is 1. The van der Waals surface area contributed by atoms with Gasteiger partial charge >= 0.3 is 5.97 Å². The molecule has 0 spiro atoms. The second-order valence-electron chi connectivity index (χ2n) is 8.10. The van der Waals surface area contributed by atoms with Gasteiger partial charge < -0.3 is 10.1 Å². The number of nitrogens with one attached hydrogen (secondary N) is 2. The van der Waals surface area contributed by atoms with Crippen molar-refractivity contribution in [3.63, 3.8) is 0 Å². The Morgan fingerprint density at radius 2 is 1.78 bits per heavy atom. The van der Waals surface area contributed by atoms with Crippen molar-refractivity contribution in [3.05, 3.63) is 59.4 Å². The van der Waals surface area contributed by atoms with Crippen molar-refractivity contribution < 1.29 is 27.1 Å². The van der Waals surface area contributed by atoms with Gasteiger partial charge in [-0.25, -0.2) is 17.6 Å². The van der Waals surface area contributed by atoms with Crippen LogP contribution in [0.4, 0.5) is 10.1 Å². The second kappa shape index (κ2) is 10.1. The molecule has 1 aliphatic rings. The molecule has 0 aromatic heterocycles. The summed E-state index contributed by atoms with van der Waals surface area (Å²) in [4.78, 5) is 24.5. The summed E-state index contributed by atoms with van der Waals surface area (Å²) < 4.78 is 45.8. The van der Waals surface area contributed by atoms with Gasteiger partial charge in [0.25, 0.3) is 15.9 Å². The van der Waals surface area contributed by atoms with Crippen LogP contribution >= 0.6 is 0 Å². The zero-order chi connectivity index (χ0) is 23.3. The first-order valence-corrected chi connectivity index (χ1v) is 12.0. The molecule has 1 saturated carbocycles. The topological polar surface area (TPSA) is 102 Å². The van der Waals surface area contributed by atoms with Gasteiger partial charge in [0.1, 0.15) is 5.82 Å². The first-order chi connectivity index (χ1) is 15.2. The van der Waals surface area contributed by atoms with Crippen LogP contribution in [0, 0.1) is 18.7 Å². The summed E-state index contributed by atoms with van der Waals surface area (Å²) in [6.07, 6.45) is 4.19. The Bertz CT molecular complexity index is 1090. The fourth-order valence-corrected chi connectivity index (χ4v) is 4.79. The fraction of sp³-hybridized carbons (Fsp3) is 0.391. The number of amides is 1. The standard InChI is InChI=1S/C23H27FN2O5S/c1-15-5-3-4-6-20(15)25-22(27)14-31-23(28)17-8-7-16(2)21(13-17)26-32(29,30)19-11-9-18(24)10-12-19/h7-13,15,20,26H,3-6,14H2,1-2H3,(H,25,27). The molecule has 7 nitrogen and oxygen atoms in total. The van der Waals surface area contributed by atoms with Crippen LogP contribution in [0.3, 0.4) is 0 Å². The van der Waals surface area contributed by atoms with Crippen molar-refractivity contribution in [1.29, 1.82) is 0 Å². The van der Waals surface area contributed by atoms with E-state index in [0.717, 1.165) is 49.9 Å². The summed E-state index contributed by atoms with van der Waals surface area (Å²) in [6.45, 7) is 3.36. The van der Waals surface area contributed by atoms with Crippen molar-refractivity contribution >= 4 is 27.6 Å². The van der Waals surface area contributed by atoms with E-state index in [-0.39, 0.29) is 28.1 Å². The first kappa shape index (κ1) is 23.7. The largest absolute Gasteiger partial charge is 0.452 e. The third-order valence-corrected chi connectivity index (χ3v) is 7.02. The number of rotatable bonds is 7. The number of hydrogen-bond donors (Lipinski definition) is 2. The minimum absolute atomic E-state index is 0.0850. The average molecular weight is 463 g/mol. The maximum atomic E-state index is 13.1. The van der Waals surface area contributed by atoms with Crippen molar-refractivity contribution in [2.45, 2.75) is 50.5 Å². The lowest BCUT2D eigenvalue weighted by molar-refractivity contribution is -0.125. The third-order valence-electron chi connectivity index (χ3n) is 5.63. The Balaban J connectivity index is 1.63. The monoisotopic (exact) mass is 462 g/mol. The van der Waals surface area contributed by atoms with E-state index in [0.29, 0.717) is 11.5 Å². The molecule has 0 bridgehead atoms. The van der Waals surface area contributed by atoms with Gasteiger partial charge in [0.05, 0.1) is 16.1 Å². The van der Waals surface area contributed by atoms with Gasteiger partial charge in [-0.2, -0.15) is 0 Å². The van der Waals surface area contributed by atoms with Crippen LogP contribution in [0.15, 0.2) is 47.4 Å². The second-order valence-corrected chi connectivity index (χ2v) is 9.78. The minimum Gasteiger partial charge on any atom is -0.452 e. The minimum atomic E-state index is -3.98. The van der Waals surface area contributed by atoms with E-state index < -0.39 is 28.4 Å². The molecule has 2 atom stereocenters. The first-order valence-electron chi connectivity index (χ1n) is 10.5. The molecule has 2 aromatic carbocycles. The quantitative estimate of drug-likeness (QED) is 0.610. The molecule has 0 saturated heterocycles. The number of carbonyl (C=O) groups excluding carboxylic acids is 2. The molecule has 32 heavy (non-hydrogen) atoms. The van der Waals surface area contributed by atoms with E-state index in [2.05, 4.69) is 17.0 Å². The number of hydrogen-bond acceptors (Lipinski definition) is 5. The van der Waals surface area contributed by atoms with Crippen LogP contribution in [0.2, 0.25) is 0 Å². The number of halogens is 1. The highest BCUT2D eigenvalue weighted by molar-refractivity contribution is 7.92. The maximum absolute atomic E-state index is 13.1. The van der Waals surface area contributed by atoms with Crippen molar-refractivity contribution in [3.8, 4) is 0 Å². The average Bonchev–Trinajstić information content (AvgIpc) is 2.75. The number of aryl methyl sites for hydroxylation is 1. The summed E-state index contributed by atoms with van der Waals surface area (Å²) in [5, 5.41) is 2.91. The van der Waals surface area contributed by atoms with Crippen LogP contribution in [0.25, 0.3) is 0 Å². The van der Waals surface area contributed by atoms with E-state index in [1.165, 1.54) is 12.1 Å². The molecule has 2 unspecified atom stereocenters. The summed E-state index contributed by atoms with van der Waals surface area (Å²) >= 11 is 0. The number of ether oxygens (including phenoxy) is 1. The Kier molecular flexibility index (Phi) is 7.50. The lowest BCUT2D eigenvalue weighted by atomic mass is 9.86. The Morgan fingerprint density at radius 1 is 1.09 bits per heavy atom. The normalized spacial score (nSPS) is 18.6.